The molecule has 1 aromatic carbocycles. The highest BCUT2D eigenvalue weighted by Gasteiger charge is 2.41. The molecule has 1 saturated heterocycles. The van der Waals surface area contributed by atoms with Gasteiger partial charge >= 0.3 is 0 Å². The highest BCUT2D eigenvalue weighted by molar-refractivity contribution is 5.59. The van der Waals surface area contributed by atoms with Crippen LogP contribution in [0.25, 0.3) is 0 Å². The van der Waals surface area contributed by atoms with E-state index in [-0.39, 0.29) is 18.9 Å². The van der Waals surface area contributed by atoms with Crippen LogP contribution in [0, 0.1) is 12.3 Å². The lowest BCUT2D eigenvalue weighted by molar-refractivity contribution is -0.0965. The Balaban J connectivity index is 1.91. The molecule has 1 aromatic rings. The first-order chi connectivity index (χ1) is 13.2. The largest absolute Gasteiger partial charge is 0.495 e. The average Bonchev–Trinajstić information content (AvgIpc) is 2.73. The standard InChI is InChI=1S/C22H32N2O3/c1-3-22(13-7-4-8-14-22)27-21-18(10-9-17-25)23-15-16-24(21)19-11-5-6-12-20(19)26-2/h1,5-6,11-12,18,21,23,25H,4,7-10,13-17H2,2H3. The molecule has 0 radical (unpaired) electrons. The molecule has 3 rings (SSSR count). The summed E-state index contributed by atoms with van der Waals surface area (Å²) in [5.41, 5.74) is 0.531. The van der Waals surface area contributed by atoms with Crippen LogP contribution < -0.4 is 15.0 Å². The van der Waals surface area contributed by atoms with Gasteiger partial charge in [0.25, 0.3) is 0 Å². The summed E-state index contributed by atoms with van der Waals surface area (Å²) in [7, 11) is 1.70. The summed E-state index contributed by atoms with van der Waals surface area (Å²) in [4.78, 5) is 2.28. The number of benzene rings is 1. The predicted molar refractivity (Wildman–Crippen MR) is 108 cm³/mol. The van der Waals surface area contributed by atoms with Crippen LogP contribution in [-0.2, 0) is 4.74 Å². The highest BCUT2D eigenvalue weighted by Crippen LogP contribution is 2.37. The van der Waals surface area contributed by atoms with Gasteiger partial charge in [-0.25, -0.2) is 0 Å². The van der Waals surface area contributed by atoms with Crippen molar-refractivity contribution in [2.24, 2.45) is 0 Å². The molecule has 0 bridgehead atoms. The van der Waals surface area contributed by atoms with Crippen molar-refractivity contribution in [3.63, 3.8) is 0 Å². The molecule has 1 aliphatic heterocycles. The summed E-state index contributed by atoms with van der Waals surface area (Å²) in [5.74, 6) is 3.82. The Morgan fingerprint density at radius 2 is 2.07 bits per heavy atom. The number of nitrogens with one attached hydrogen (secondary N) is 1. The van der Waals surface area contributed by atoms with Crippen LogP contribution in [0.3, 0.4) is 0 Å². The zero-order valence-corrected chi connectivity index (χ0v) is 16.3. The molecule has 2 unspecified atom stereocenters. The molecule has 0 aromatic heterocycles. The summed E-state index contributed by atoms with van der Waals surface area (Å²) in [6, 6.07) is 8.18. The number of aliphatic hydroxyl groups is 1. The van der Waals surface area contributed by atoms with E-state index in [4.69, 9.17) is 15.9 Å². The fourth-order valence-electron chi connectivity index (χ4n) is 4.29. The molecule has 5 nitrogen and oxygen atoms in total. The number of ether oxygens (including phenoxy) is 2. The average molecular weight is 373 g/mol. The topological polar surface area (TPSA) is 54.0 Å². The zero-order valence-electron chi connectivity index (χ0n) is 16.3. The molecule has 148 valence electrons. The molecule has 1 saturated carbocycles. The van der Waals surface area contributed by atoms with E-state index in [9.17, 15) is 5.11 Å². The number of hydrogen-bond donors (Lipinski definition) is 2. The number of piperazine rings is 1. The minimum Gasteiger partial charge on any atom is -0.495 e. The van der Waals surface area contributed by atoms with Gasteiger partial charge in [0, 0.05) is 19.7 Å². The van der Waals surface area contributed by atoms with E-state index in [1.807, 2.05) is 18.2 Å². The fourth-order valence-corrected chi connectivity index (χ4v) is 4.29. The van der Waals surface area contributed by atoms with E-state index in [0.29, 0.717) is 0 Å². The van der Waals surface area contributed by atoms with Crippen molar-refractivity contribution >= 4 is 5.69 Å². The lowest BCUT2D eigenvalue weighted by Gasteiger charge is -2.47. The second kappa shape index (κ2) is 9.45. The second-order valence-corrected chi connectivity index (χ2v) is 7.50. The Hall–Kier alpha value is -1.74. The van der Waals surface area contributed by atoms with Crippen molar-refractivity contribution in [2.45, 2.75) is 62.8 Å². The van der Waals surface area contributed by atoms with E-state index in [1.165, 1.54) is 6.42 Å². The monoisotopic (exact) mass is 372 g/mol. The van der Waals surface area contributed by atoms with Gasteiger partial charge in [-0.3, -0.25) is 0 Å². The Kier molecular flexibility index (Phi) is 7.01. The highest BCUT2D eigenvalue weighted by atomic mass is 16.5. The van der Waals surface area contributed by atoms with Crippen LogP contribution >= 0.6 is 0 Å². The van der Waals surface area contributed by atoms with Crippen molar-refractivity contribution in [1.29, 1.82) is 0 Å². The number of aliphatic hydroxyl groups excluding tert-OH is 1. The van der Waals surface area contributed by atoms with Gasteiger partial charge < -0.3 is 24.8 Å². The van der Waals surface area contributed by atoms with Gasteiger partial charge in [0.1, 0.15) is 17.6 Å². The number of nitrogens with zero attached hydrogens (tertiary/aromatic N) is 1. The predicted octanol–water partition coefficient (Wildman–Crippen LogP) is 2.92. The molecule has 2 N–H and O–H groups in total. The maximum Gasteiger partial charge on any atom is 0.147 e. The summed E-state index contributed by atoms with van der Waals surface area (Å²) < 4.78 is 12.3. The molecule has 2 atom stereocenters. The first kappa shape index (κ1) is 20.0. The number of rotatable bonds is 7. The summed E-state index contributed by atoms with van der Waals surface area (Å²) in [6.07, 6.45) is 12.6. The van der Waals surface area contributed by atoms with Crippen molar-refractivity contribution < 1.29 is 14.6 Å². The van der Waals surface area contributed by atoms with Crippen molar-refractivity contribution in [1.82, 2.24) is 5.32 Å². The molecule has 2 aliphatic rings. The number of anilines is 1. The van der Waals surface area contributed by atoms with Crippen LogP contribution in [0.4, 0.5) is 5.69 Å². The molecule has 5 heteroatoms. The molecule has 1 heterocycles. The third kappa shape index (κ3) is 4.57. The third-order valence-electron chi connectivity index (χ3n) is 5.75. The minimum atomic E-state index is -0.500. The smallest absolute Gasteiger partial charge is 0.147 e. The van der Waals surface area contributed by atoms with Crippen LogP contribution in [0.2, 0.25) is 0 Å². The first-order valence-electron chi connectivity index (χ1n) is 10.1. The van der Waals surface area contributed by atoms with Gasteiger partial charge in [0.15, 0.2) is 0 Å². The van der Waals surface area contributed by atoms with Gasteiger partial charge in [-0.1, -0.05) is 24.5 Å². The van der Waals surface area contributed by atoms with E-state index in [1.54, 1.807) is 7.11 Å². The van der Waals surface area contributed by atoms with E-state index in [2.05, 4.69) is 22.2 Å². The van der Waals surface area contributed by atoms with Crippen molar-refractivity contribution in [3.8, 4) is 18.1 Å². The van der Waals surface area contributed by atoms with Crippen molar-refractivity contribution in [2.75, 3.05) is 31.7 Å². The normalized spacial score (nSPS) is 25.0. The van der Waals surface area contributed by atoms with Gasteiger partial charge in [-0.2, -0.15) is 0 Å². The number of para-hydroxylation sites is 2. The van der Waals surface area contributed by atoms with Gasteiger partial charge in [-0.15, -0.1) is 6.42 Å². The molecule has 27 heavy (non-hydrogen) atoms. The molecule has 0 spiro atoms. The van der Waals surface area contributed by atoms with Gasteiger partial charge in [-0.05, 0) is 50.7 Å². The summed E-state index contributed by atoms with van der Waals surface area (Å²) in [5, 5.41) is 12.9. The third-order valence-corrected chi connectivity index (χ3v) is 5.75. The van der Waals surface area contributed by atoms with Gasteiger partial charge in [0.05, 0.1) is 18.8 Å². The first-order valence-corrected chi connectivity index (χ1v) is 10.1. The maximum atomic E-state index is 9.33. The molecule has 2 fully saturated rings. The Morgan fingerprint density at radius 3 is 2.78 bits per heavy atom. The zero-order chi connectivity index (χ0) is 19.1. The van der Waals surface area contributed by atoms with Crippen molar-refractivity contribution in [3.05, 3.63) is 24.3 Å². The van der Waals surface area contributed by atoms with E-state index >= 15 is 0 Å². The van der Waals surface area contributed by atoms with Crippen LogP contribution in [0.1, 0.15) is 44.9 Å². The van der Waals surface area contributed by atoms with E-state index < -0.39 is 5.60 Å². The molecule has 0 amide bonds. The molecule has 1 aliphatic carbocycles. The lowest BCUT2D eigenvalue weighted by Crippen LogP contribution is -2.61. The van der Waals surface area contributed by atoms with Crippen LogP contribution in [-0.4, -0.2) is 49.8 Å². The van der Waals surface area contributed by atoms with Crippen LogP contribution in [0.5, 0.6) is 5.75 Å². The summed E-state index contributed by atoms with van der Waals surface area (Å²) >= 11 is 0. The minimum absolute atomic E-state index is 0.114. The maximum absolute atomic E-state index is 9.33. The van der Waals surface area contributed by atoms with E-state index in [0.717, 1.165) is 63.1 Å². The number of methoxy groups -OCH3 is 1. The Labute approximate surface area is 163 Å². The Bertz CT molecular complexity index is 637. The van der Waals surface area contributed by atoms with Gasteiger partial charge in [0.2, 0.25) is 0 Å². The molecular weight excluding hydrogens is 340 g/mol. The quantitative estimate of drug-likeness (QED) is 0.721. The second-order valence-electron chi connectivity index (χ2n) is 7.50. The number of hydrogen-bond acceptors (Lipinski definition) is 5. The SMILES string of the molecule is C#CC1(OC2C(CCCO)NCCN2c2ccccc2OC)CCCCC1. The summed E-state index contributed by atoms with van der Waals surface area (Å²) in [6.45, 7) is 1.86. The number of terminal acetylenes is 1. The Morgan fingerprint density at radius 1 is 1.30 bits per heavy atom. The molecular formula is C22H32N2O3. The fraction of sp³-hybridized carbons (Fsp3) is 0.636. The van der Waals surface area contributed by atoms with Crippen LogP contribution in [0.15, 0.2) is 24.3 Å². The lowest BCUT2D eigenvalue weighted by atomic mass is 9.85.